The highest BCUT2D eigenvalue weighted by molar-refractivity contribution is 5.77. The van der Waals surface area contributed by atoms with Gasteiger partial charge in [0.15, 0.2) is 0 Å². The summed E-state index contributed by atoms with van der Waals surface area (Å²) in [5.41, 5.74) is 5.28. The molecular weight excluding hydrogens is 218 g/mol. The summed E-state index contributed by atoms with van der Waals surface area (Å²) < 4.78 is 5.08. The Labute approximate surface area is 103 Å². The number of hydrogen-bond donors (Lipinski definition) is 2. The van der Waals surface area contributed by atoms with Crippen molar-refractivity contribution in [3.05, 3.63) is 0 Å². The van der Waals surface area contributed by atoms with E-state index in [4.69, 9.17) is 10.5 Å². The van der Waals surface area contributed by atoms with Crippen molar-refractivity contribution in [1.29, 1.82) is 0 Å². The van der Waals surface area contributed by atoms with Crippen LogP contribution in [0.25, 0.3) is 0 Å². The lowest BCUT2D eigenvalue weighted by molar-refractivity contribution is -0.125. The van der Waals surface area contributed by atoms with Gasteiger partial charge in [-0.3, -0.25) is 4.79 Å². The molecular formula is C12H23N3O2. The molecule has 0 aromatic heterocycles. The van der Waals surface area contributed by atoms with Gasteiger partial charge in [-0.1, -0.05) is 0 Å². The third-order valence-electron chi connectivity index (χ3n) is 3.46. The van der Waals surface area contributed by atoms with E-state index in [0.29, 0.717) is 19.1 Å². The van der Waals surface area contributed by atoms with Crippen LogP contribution in [0.3, 0.4) is 0 Å². The van der Waals surface area contributed by atoms with Crippen LogP contribution >= 0.6 is 0 Å². The molecule has 1 aliphatic carbocycles. The van der Waals surface area contributed by atoms with Crippen molar-refractivity contribution in [2.75, 3.05) is 39.4 Å². The Morgan fingerprint density at radius 1 is 1.41 bits per heavy atom. The molecule has 2 fully saturated rings. The molecule has 1 atom stereocenters. The average Bonchev–Trinajstić information content (AvgIpc) is 3.07. The Bertz CT molecular complexity index is 256. The fraction of sp³-hybridized carbons (Fsp3) is 0.917. The average molecular weight is 241 g/mol. The molecule has 98 valence electrons. The molecule has 1 amide bonds. The zero-order valence-corrected chi connectivity index (χ0v) is 10.4. The van der Waals surface area contributed by atoms with Crippen molar-refractivity contribution in [2.24, 2.45) is 11.7 Å². The van der Waals surface area contributed by atoms with Crippen LogP contribution < -0.4 is 11.1 Å². The highest BCUT2D eigenvalue weighted by atomic mass is 16.5. The van der Waals surface area contributed by atoms with Gasteiger partial charge in [-0.15, -0.1) is 0 Å². The molecule has 5 heteroatoms. The molecule has 17 heavy (non-hydrogen) atoms. The van der Waals surface area contributed by atoms with E-state index in [1.807, 2.05) is 0 Å². The number of nitrogens with two attached hydrogens (primary N) is 1. The van der Waals surface area contributed by atoms with Crippen molar-refractivity contribution < 1.29 is 9.53 Å². The summed E-state index contributed by atoms with van der Waals surface area (Å²) in [6.07, 6.45) is 3.94. The molecule has 2 rings (SSSR count). The molecule has 1 saturated carbocycles. The Morgan fingerprint density at radius 3 is 2.94 bits per heavy atom. The number of hydrogen-bond acceptors (Lipinski definition) is 4. The summed E-state index contributed by atoms with van der Waals surface area (Å²) in [7, 11) is 0. The first kappa shape index (κ1) is 12.8. The minimum atomic E-state index is -0.0247. The van der Waals surface area contributed by atoms with Crippen LogP contribution in [0.2, 0.25) is 0 Å². The van der Waals surface area contributed by atoms with Gasteiger partial charge in [0, 0.05) is 25.7 Å². The van der Waals surface area contributed by atoms with E-state index in [9.17, 15) is 4.79 Å². The summed E-state index contributed by atoms with van der Waals surface area (Å²) in [4.78, 5) is 14.0. The standard InChI is InChI=1S/C12H23N3O2/c13-4-6-17-9-12(16)14-7-10-3-5-15(8-10)11-1-2-11/h10-11H,1-9,13H2,(H,14,16). The molecule has 1 saturated heterocycles. The SMILES string of the molecule is NCCOCC(=O)NCC1CCN(C2CC2)C1. The molecule has 0 aromatic carbocycles. The van der Waals surface area contributed by atoms with Crippen LogP contribution in [-0.2, 0) is 9.53 Å². The van der Waals surface area contributed by atoms with Gasteiger partial charge in [-0.25, -0.2) is 0 Å². The van der Waals surface area contributed by atoms with Crippen LogP contribution in [0.4, 0.5) is 0 Å². The molecule has 0 spiro atoms. The summed E-state index contributed by atoms with van der Waals surface area (Å²) >= 11 is 0. The van der Waals surface area contributed by atoms with Crippen molar-refractivity contribution >= 4 is 5.91 Å². The number of ether oxygens (including phenoxy) is 1. The number of amides is 1. The normalized spacial score (nSPS) is 25.1. The zero-order chi connectivity index (χ0) is 12.1. The van der Waals surface area contributed by atoms with Gasteiger partial charge in [0.2, 0.25) is 5.91 Å². The molecule has 1 aliphatic heterocycles. The molecule has 0 aromatic rings. The van der Waals surface area contributed by atoms with Gasteiger partial charge in [0.1, 0.15) is 6.61 Å². The van der Waals surface area contributed by atoms with Crippen molar-refractivity contribution in [2.45, 2.75) is 25.3 Å². The van der Waals surface area contributed by atoms with E-state index < -0.39 is 0 Å². The maximum absolute atomic E-state index is 11.4. The predicted octanol–water partition coefficient (Wildman–Crippen LogP) is -0.438. The van der Waals surface area contributed by atoms with E-state index in [1.54, 1.807) is 0 Å². The third-order valence-corrected chi connectivity index (χ3v) is 3.46. The molecule has 1 heterocycles. The minimum Gasteiger partial charge on any atom is -0.370 e. The summed E-state index contributed by atoms with van der Waals surface area (Å²) in [6, 6.07) is 0.851. The number of carbonyl (C=O) groups is 1. The minimum absolute atomic E-state index is 0.0247. The van der Waals surface area contributed by atoms with E-state index >= 15 is 0 Å². The lowest BCUT2D eigenvalue weighted by Gasteiger charge is -2.15. The topological polar surface area (TPSA) is 67.6 Å². The largest absolute Gasteiger partial charge is 0.370 e. The van der Waals surface area contributed by atoms with Gasteiger partial charge < -0.3 is 20.7 Å². The Morgan fingerprint density at radius 2 is 2.24 bits per heavy atom. The van der Waals surface area contributed by atoms with Crippen molar-refractivity contribution in [1.82, 2.24) is 10.2 Å². The van der Waals surface area contributed by atoms with Crippen LogP contribution in [0, 0.1) is 5.92 Å². The molecule has 1 unspecified atom stereocenters. The molecule has 3 N–H and O–H groups in total. The van der Waals surface area contributed by atoms with Crippen molar-refractivity contribution in [3.8, 4) is 0 Å². The van der Waals surface area contributed by atoms with E-state index in [1.165, 1.54) is 25.8 Å². The van der Waals surface area contributed by atoms with Crippen LogP contribution in [0.5, 0.6) is 0 Å². The lowest BCUT2D eigenvalue weighted by Crippen LogP contribution is -2.34. The number of nitrogens with zero attached hydrogens (tertiary/aromatic N) is 1. The number of carbonyl (C=O) groups excluding carboxylic acids is 1. The molecule has 0 radical (unpaired) electrons. The first-order valence-electron chi connectivity index (χ1n) is 6.58. The fourth-order valence-electron chi connectivity index (χ4n) is 2.36. The number of likely N-dealkylation sites (tertiary alicyclic amines) is 1. The monoisotopic (exact) mass is 241 g/mol. The lowest BCUT2D eigenvalue weighted by atomic mass is 10.1. The molecule has 0 bridgehead atoms. The fourth-order valence-corrected chi connectivity index (χ4v) is 2.36. The Kier molecular flexibility index (Phi) is 4.76. The Balaban J connectivity index is 1.54. The zero-order valence-electron chi connectivity index (χ0n) is 10.4. The molecule has 2 aliphatic rings. The third kappa shape index (κ3) is 4.26. The predicted molar refractivity (Wildman–Crippen MR) is 65.6 cm³/mol. The summed E-state index contributed by atoms with van der Waals surface area (Å²) in [5, 5.41) is 2.93. The smallest absolute Gasteiger partial charge is 0.246 e. The summed E-state index contributed by atoms with van der Waals surface area (Å²) in [5.74, 6) is 0.595. The second kappa shape index (κ2) is 6.33. The van der Waals surface area contributed by atoms with E-state index in [2.05, 4.69) is 10.2 Å². The highest BCUT2D eigenvalue weighted by Gasteiger charge is 2.34. The van der Waals surface area contributed by atoms with Gasteiger partial charge >= 0.3 is 0 Å². The quantitative estimate of drug-likeness (QED) is 0.593. The first-order chi connectivity index (χ1) is 8.29. The summed E-state index contributed by atoms with van der Waals surface area (Å²) in [6.45, 7) is 4.19. The molecule has 5 nitrogen and oxygen atoms in total. The highest BCUT2D eigenvalue weighted by Crippen LogP contribution is 2.31. The van der Waals surface area contributed by atoms with Gasteiger partial charge in [0.25, 0.3) is 0 Å². The maximum atomic E-state index is 11.4. The Hall–Kier alpha value is -0.650. The van der Waals surface area contributed by atoms with E-state index in [-0.39, 0.29) is 12.5 Å². The van der Waals surface area contributed by atoms with Crippen LogP contribution in [0.1, 0.15) is 19.3 Å². The van der Waals surface area contributed by atoms with Gasteiger partial charge in [0.05, 0.1) is 6.61 Å². The van der Waals surface area contributed by atoms with Crippen LogP contribution in [0.15, 0.2) is 0 Å². The van der Waals surface area contributed by atoms with E-state index in [0.717, 1.165) is 19.1 Å². The van der Waals surface area contributed by atoms with Gasteiger partial charge in [-0.05, 0) is 31.7 Å². The second-order valence-corrected chi connectivity index (χ2v) is 5.03. The van der Waals surface area contributed by atoms with Crippen LogP contribution in [-0.4, -0.2) is 56.2 Å². The van der Waals surface area contributed by atoms with Gasteiger partial charge in [-0.2, -0.15) is 0 Å². The maximum Gasteiger partial charge on any atom is 0.246 e. The number of rotatable bonds is 7. The second-order valence-electron chi connectivity index (χ2n) is 5.03. The number of nitrogens with one attached hydrogen (secondary N) is 1. The first-order valence-corrected chi connectivity index (χ1v) is 6.58. The van der Waals surface area contributed by atoms with Crippen molar-refractivity contribution in [3.63, 3.8) is 0 Å².